The van der Waals surface area contributed by atoms with Gasteiger partial charge in [-0.2, -0.15) is 0 Å². The zero-order chi connectivity index (χ0) is 10.0. The molecule has 0 spiro atoms. The van der Waals surface area contributed by atoms with Crippen LogP contribution in [0.3, 0.4) is 0 Å². The van der Waals surface area contributed by atoms with Crippen molar-refractivity contribution < 1.29 is 14.6 Å². The highest BCUT2D eigenvalue weighted by Crippen LogP contribution is 2.29. The summed E-state index contributed by atoms with van der Waals surface area (Å²) in [6.07, 6.45) is -1.03. The highest BCUT2D eigenvalue weighted by molar-refractivity contribution is 6.30. The summed E-state index contributed by atoms with van der Waals surface area (Å²) in [7, 11) is 0. The maximum Gasteiger partial charge on any atom is 0.145 e. The van der Waals surface area contributed by atoms with Crippen LogP contribution in [0.1, 0.15) is 11.7 Å². The Morgan fingerprint density at radius 2 is 2.15 bits per heavy atom. The van der Waals surface area contributed by atoms with Gasteiger partial charge in [-0.05, 0) is 6.07 Å². The quantitative estimate of drug-likeness (QED) is 0.679. The van der Waals surface area contributed by atoms with E-state index in [9.17, 15) is 14.6 Å². The van der Waals surface area contributed by atoms with E-state index in [1.54, 1.807) is 0 Å². The molecule has 1 aromatic rings. The van der Waals surface area contributed by atoms with E-state index in [2.05, 4.69) is 0 Å². The SMILES string of the molecule is NCC(O)c1cc(Cl)c(F)cc1O. The van der Waals surface area contributed by atoms with Crippen molar-refractivity contribution in [2.45, 2.75) is 6.10 Å². The summed E-state index contributed by atoms with van der Waals surface area (Å²) in [6, 6.07) is 2.00. The van der Waals surface area contributed by atoms with Crippen molar-refractivity contribution in [2.75, 3.05) is 6.54 Å². The number of hydrogen-bond donors (Lipinski definition) is 3. The first-order valence-electron chi connectivity index (χ1n) is 3.62. The van der Waals surface area contributed by atoms with Crippen molar-refractivity contribution in [3.63, 3.8) is 0 Å². The van der Waals surface area contributed by atoms with Crippen LogP contribution in [0.15, 0.2) is 12.1 Å². The van der Waals surface area contributed by atoms with Gasteiger partial charge in [0, 0.05) is 18.2 Å². The standard InChI is InChI=1S/C8H9ClFNO2/c9-5-1-4(8(13)3-11)7(12)2-6(5)10/h1-2,8,12-13H,3,11H2. The Kier molecular flexibility index (Phi) is 3.08. The third-order valence-electron chi connectivity index (χ3n) is 1.65. The Morgan fingerprint density at radius 1 is 1.54 bits per heavy atom. The van der Waals surface area contributed by atoms with E-state index in [1.807, 2.05) is 0 Å². The fraction of sp³-hybridized carbons (Fsp3) is 0.250. The Labute approximate surface area is 79.6 Å². The molecule has 4 N–H and O–H groups in total. The van der Waals surface area contributed by atoms with Crippen molar-refractivity contribution in [3.05, 3.63) is 28.5 Å². The van der Waals surface area contributed by atoms with Crippen LogP contribution in [0, 0.1) is 5.82 Å². The van der Waals surface area contributed by atoms with Gasteiger partial charge in [-0.25, -0.2) is 4.39 Å². The summed E-state index contributed by atoms with van der Waals surface area (Å²) in [5, 5.41) is 18.3. The van der Waals surface area contributed by atoms with Crippen LogP contribution in [-0.2, 0) is 0 Å². The van der Waals surface area contributed by atoms with Crippen molar-refractivity contribution in [1.29, 1.82) is 0 Å². The minimum absolute atomic E-state index is 0.0600. The average Bonchev–Trinajstić information content (AvgIpc) is 2.10. The van der Waals surface area contributed by atoms with Crippen LogP contribution in [-0.4, -0.2) is 16.8 Å². The second-order valence-corrected chi connectivity index (χ2v) is 2.98. The molecule has 5 heteroatoms. The van der Waals surface area contributed by atoms with E-state index in [0.29, 0.717) is 0 Å². The van der Waals surface area contributed by atoms with E-state index < -0.39 is 11.9 Å². The Bertz CT molecular complexity index is 319. The molecule has 1 unspecified atom stereocenters. The van der Waals surface area contributed by atoms with Crippen molar-refractivity contribution >= 4 is 11.6 Å². The molecule has 0 fully saturated rings. The molecule has 0 heterocycles. The Hall–Kier alpha value is -0.840. The number of nitrogens with two attached hydrogens (primary N) is 1. The number of hydrogen-bond acceptors (Lipinski definition) is 3. The smallest absolute Gasteiger partial charge is 0.145 e. The number of benzene rings is 1. The van der Waals surface area contributed by atoms with E-state index in [1.165, 1.54) is 0 Å². The molecule has 0 saturated heterocycles. The number of aliphatic hydroxyl groups is 1. The van der Waals surface area contributed by atoms with Crippen molar-refractivity contribution in [2.24, 2.45) is 5.73 Å². The molecule has 0 aliphatic heterocycles. The number of phenolic OH excluding ortho intramolecular Hbond substituents is 1. The van der Waals surface area contributed by atoms with E-state index >= 15 is 0 Å². The minimum atomic E-state index is -1.03. The van der Waals surface area contributed by atoms with Gasteiger partial charge in [-0.15, -0.1) is 0 Å². The lowest BCUT2D eigenvalue weighted by atomic mass is 10.1. The Morgan fingerprint density at radius 3 is 2.69 bits per heavy atom. The van der Waals surface area contributed by atoms with Crippen LogP contribution in [0.5, 0.6) is 5.75 Å². The predicted molar refractivity (Wildman–Crippen MR) is 47.1 cm³/mol. The summed E-state index contributed by atoms with van der Waals surface area (Å²) in [6.45, 7) is -0.0600. The second-order valence-electron chi connectivity index (χ2n) is 2.58. The molecule has 0 bridgehead atoms. The van der Waals surface area contributed by atoms with Gasteiger partial charge < -0.3 is 15.9 Å². The molecule has 0 amide bonds. The zero-order valence-electron chi connectivity index (χ0n) is 6.67. The predicted octanol–water partition coefficient (Wildman–Crippen LogP) is 1.18. The number of rotatable bonds is 2. The van der Waals surface area contributed by atoms with Gasteiger partial charge in [-0.1, -0.05) is 11.6 Å². The lowest BCUT2D eigenvalue weighted by Crippen LogP contribution is -2.11. The molecule has 1 aromatic carbocycles. The molecule has 1 atom stereocenters. The number of phenols is 1. The van der Waals surface area contributed by atoms with E-state index in [4.69, 9.17) is 17.3 Å². The summed E-state index contributed by atoms with van der Waals surface area (Å²) in [5.41, 5.74) is 5.30. The highest BCUT2D eigenvalue weighted by Gasteiger charge is 2.13. The van der Waals surface area contributed by atoms with Crippen molar-refractivity contribution in [3.8, 4) is 5.75 Å². The first-order valence-corrected chi connectivity index (χ1v) is 4.00. The average molecular weight is 206 g/mol. The van der Waals surface area contributed by atoms with Crippen LogP contribution in [0.4, 0.5) is 4.39 Å². The van der Waals surface area contributed by atoms with E-state index in [0.717, 1.165) is 12.1 Å². The minimum Gasteiger partial charge on any atom is -0.507 e. The van der Waals surface area contributed by atoms with Crippen LogP contribution >= 0.6 is 11.6 Å². The monoisotopic (exact) mass is 205 g/mol. The van der Waals surface area contributed by atoms with Crippen LogP contribution < -0.4 is 5.73 Å². The molecule has 0 aromatic heterocycles. The maximum atomic E-state index is 12.7. The normalized spacial score (nSPS) is 12.9. The summed E-state index contributed by atoms with van der Waals surface area (Å²) in [4.78, 5) is 0. The van der Waals surface area contributed by atoms with Gasteiger partial charge >= 0.3 is 0 Å². The van der Waals surface area contributed by atoms with Crippen LogP contribution in [0.2, 0.25) is 5.02 Å². The molecule has 3 nitrogen and oxygen atoms in total. The summed E-state index contributed by atoms with van der Waals surface area (Å²) < 4.78 is 12.7. The molecule has 0 aliphatic carbocycles. The molecular weight excluding hydrogens is 197 g/mol. The second kappa shape index (κ2) is 3.91. The third-order valence-corrected chi connectivity index (χ3v) is 1.94. The third kappa shape index (κ3) is 2.09. The van der Waals surface area contributed by atoms with E-state index in [-0.39, 0.29) is 22.9 Å². The largest absolute Gasteiger partial charge is 0.507 e. The number of aliphatic hydroxyl groups excluding tert-OH is 1. The topological polar surface area (TPSA) is 66.5 Å². The van der Waals surface area contributed by atoms with Crippen LogP contribution in [0.25, 0.3) is 0 Å². The fourth-order valence-electron chi connectivity index (χ4n) is 0.946. The van der Waals surface area contributed by atoms with Crippen molar-refractivity contribution in [1.82, 2.24) is 0 Å². The van der Waals surface area contributed by atoms with Gasteiger partial charge in [-0.3, -0.25) is 0 Å². The first-order chi connectivity index (χ1) is 6.06. The molecule has 72 valence electrons. The zero-order valence-corrected chi connectivity index (χ0v) is 7.42. The summed E-state index contributed by atoms with van der Waals surface area (Å²) in [5.74, 6) is -1.08. The first kappa shape index (κ1) is 10.2. The molecular formula is C8H9ClFNO2. The lowest BCUT2D eigenvalue weighted by molar-refractivity contribution is 0.182. The highest BCUT2D eigenvalue weighted by atomic mass is 35.5. The van der Waals surface area contributed by atoms with Gasteiger partial charge in [0.15, 0.2) is 0 Å². The molecule has 0 aliphatic rings. The van der Waals surface area contributed by atoms with Gasteiger partial charge in [0.25, 0.3) is 0 Å². The summed E-state index contributed by atoms with van der Waals surface area (Å²) >= 11 is 5.45. The maximum absolute atomic E-state index is 12.7. The molecule has 0 saturated carbocycles. The fourth-order valence-corrected chi connectivity index (χ4v) is 1.12. The molecule has 13 heavy (non-hydrogen) atoms. The van der Waals surface area contributed by atoms with Gasteiger partial charge in [0.05, 0.1) is 11.1 Å². The molecule has 1 rings (SSSR count). The Balaban J connectivity index is 3.15. The number of aromatic hydroxyl groups is 1. The molecule has 0 radical (unpaired) electrons. The van der Waals surface area contributed by atoms with Gasteiger partial charge in [0.1, 0.15) is 11.6 Å². The number of halogens is 2. The van der Waals surface area contributed by atoms with Gasteiger partial charge in [0.2, 0.25) is 0 Å². The lowest BCUT2D eigenvalue weighted by Gasteiger charge is -2.10.